The van der Waals surface area contributed by atoms with E-state index in [1.165, 1.54) is 0 Å². The fourth-order valence-corrected chi connectivity index (χ4v) is 1.97. The summed E-state index contributed by atoms with van der Waals surface area (Å²) in [5, 5.41) is 2.90. The lowest BCUT2D eigenvalue weighted by Crippen LogP contribution is -2.11. The molecule has 0 heterocycles. The maximum Gasteiger partial charge on any atom is 0.224 e. The average Bonchev–Trinajstić information content (AvgIpc) is 2.28. The lowest BCUT2D eigenvalue weighted by molar-refractivity contribution is -0.116. The van der Waals surface area contributed by atoms with Crippen LogP contribution in [0.15, 0.2) is 22.7 Å². The maximum atomic E-state index is 11.6. The number of hydrogen-bond donors (Lipinski definition) is 1. The van der Waals surface area contributed by atoms with Crippen LogP contribution in [0.3, 0.4) is 0 Å². The van der Waals surface area contributed by atoms with Gasteiger partial charge in [-0.1, -0.05) is 15.9 Å². The Balaban J connectivity index is 2.43. The molecule has 0 unspecified atom stereocenters. The van der Waals surface area contributed by atoms with Crippen molar-refractivity contribution < 1.29 is 4.79 Å². The molecule has 0 aliphatic carbocycles. The van der Waals surface area contributed by atoms with E-state index in [4.69, 9.17) is 6.42 Å². The molecule has 1 amide bonds. The highest BCUT2D eigenvalue weighted by Crippen LogP contribution is 2.20. The average molecular weight is 294 g/mol. The van der Waals surface area contributed by atoms with Gasteiger partial charge in [0.25, 0.3) is 0 Å². The molecule has 1 rings (SSSR count). The van der Waals surface area contributed by atoms with Crippen molar-refractivity contribution in [2.45, 2.75) is 32.6 Å². The number of hydrogen-bond acceptors (Lipinski definition) is 1. The number of benzene rings is 1. The van der Waals surface area contributed by atoms with Gasteiger partial charge in [-0.2, -0.15) is 0 Å². The third kappa shape index (κ3) is 5.06. The van der Waals surface area contributed by atoms with Crippen molar-refractivity contribution >= 4 is 27.5 Å². The molecule has 1 aromatic carbocycles. The first-order valence-corrected chi connectivity index (χ1v) is 6.42. The van der Waals surface area contributed by atoms with Crippen molar-refractivity contribution in [2.24, 2.45) is 0 Å². The third-order valence-corrected chi connectivity index (χ3v) is 2.93. The Morgan fingerprint density at radius 1 is 1.47 bits per heavy atom. The van der Waals surface area contributed by atoms with Crippen LogP contribution in [-0.4, -0.2) is 5.91 Å². The second kappa shape index (κ2) is 7.13. The first-order chi connectivity index (χ1) is 8.13. The Morgan fingerprint density at radius 3 is 2.88 bits per heavy atom. The summed E-state index contributed by atoms with van der Waals surface area (Å²) in [5.41, 5.74) is 1.92. The van der Waals surface area contributed by atoms with Crippen LogP contribution >= 0.6 is 15.9 Å². The molecule has 0 aliphatic heterocycles. The van der Waals surface area contributed by atoms with E-state index < -0.39 is 0 Å². The fourth-order valence-electron chi connectivity index (χ4n) is 1.49. The number of amides is 1. The first kappa shape index (κ1) is 13.8. The Kier molecular flexibility index (Phi) is 5.79. The number of terminal acetylenes is 1. The van der Waals surface area contributed by atoms with Crippen LogP contribution in [0.4, 0.5) is 5.69 Å². The number of aryl methyl sites for hydroxylation is 1. The van der Waals surface area contributed by atoms with Crippen molar-refractivity contribution in [3.63, 3.8) is 0 Å². The number of rotatable bonds is 5. The number of nitrogens with one attached hydrogen (secondary N) is 1. The van der Waals surface area contributed by atoms with E-state index in [0.29, 0.717) is 6.42 Å². The minimum absolute atomic E-state index is 0.0486. The monoisotopic (exact) mass is 293 g/mol. The third-order valence-electron chi connectivity index (χ3n) is 2.44. The quantitative estimate of drug-likeness (QED) is 0.648. The summed E-state index contributed by atoms with van der Waals surface area (Å²) in [6, 6.07) is 5.80. The van der Waals surface area contributed by atoms with Gasteiger partial charge in [-0.3, -0.25) is 4.79 Å². The molecule has 0 radical (unpaired) electrons. The lowest BCUT2D eigenvalue weighted by atomic mass is 10.1. The molecule has 0 aliphatic rings. The van der Waals surface area contributed by atoms with Crippen LogP contribution in [0.1, 0.15) is 31.2 Å². The standard InChI is InChI=1S/C14H16BrNO/c1-3-4-5-6-7-14(17)16-13-9-8-12(15)10-11(13)2/h1,8-10H,4-7H2,2H3,(H,16,17). The highest BCUT2D eigenvalue weighted by atomic mass is 79.9. The molecule has 17 heavy (non-hydrogen) atoms. The van der Waals surface area contributed by atoms with Crippen LogP contribution in [0, 0.1) is 19.3 Å². The topological polar surface area (TPSA) is 29.1 Å². The molecule has 0 saturated carbocycles. The Hall–Kier alpha value is -1.27. The van der Waals surface area contributed by atoms with Gasteiger partial charge in [0.15, 0.2) is 0 Å². The van der Waals surface area contributed by atoms with E-state index in [2.05, 4.69) is 27.2 Å². The summed E-state index contributed by atoms with van der Waals surface area (Å²) >= 11 is 3.39. The molecule has 1 N–H and O–H groups in total. The van der Waals surface area contributed by atoms with Crippen molar-refractivity contribution in [3.8, 4) is 12.3 Å². The Bertz CT molecular complexity index is 434. The Labute approximate surface area is 111 Å². The zero-order chi connectivity index (χ0) is 12.7. The zero-order valence-electron chi connectivity index (χ0n) is 9.92. The largest absolute Gasteiger partial charge is 0.326 e. The van der Waals surface area contributed by atoms with E-state index in [1.54, 1.807) is 0 Å². The molecule has 0 atom stereocenters. The summed E-state index contributed by atoms with van der Waals surface area (Å²) in [6.07, 6.45) is 8.16. The van der Waals surface area contributed by atoms with Gasteiger partial charge in [0.2, 0.25) is 5.91 Å². The van der Waals surface area contributed by atoms with Gasteiger partial charge in [-0.15, -0.1) is 12.3 Å². The van der Waals surface area contributed by atoms with Gasteiger partial charge in [0, 0.05) is 23.0 Å². The molecule has 3 heteroatoms. The molecule has 90 valence electrons. The molecule has 0 saturated heterocycles. The highest BCUT2D eigenvalue weighted by molar-refractivity contribution is 9.10. The van der Waals surface area contributed by atoms with Gasteiger partial charge >= 0.3 is 0 Å². The van der Waals surface area contributed by atoms with E-state index in [9.17, 15) is 4.79 Å². The smallest absolute Gasteiger partial charge is 0.224 e. The van der Waals surface area contributed by atoms with Gasteiger partial charge in [-0.25, -0.2) is 0 Å². The first-order valence-electron chi connectivity index (χ1n) is 5.63. The van der Waals surface area contributed by atoms with Crippen molar-refractivity contribution in [3.05, 3.63) is 28.2 Å². The summed E-state index contributed by atoms with van der Waals surface area (Å²) in [4.78, 5) is 11.6. The second-order valence-electron chi connectivity index (χ2n) is 3.92. The van der Waals surface area contributed by atoms with Gasteiger partial charge in [0.05, 0.1) is 0 Å². The van der Waals surface area contributed by atoms with Crippen molar-refractivity contribution in [2.75, 3.05) is 5.32 Å². The summed E-state index contributed by atoms with van der Waals surface area (Å²) in [6.45, 7) is 1.97. The second-order valence-corrected chi connectivity index (χ2v) is 4.83. The molecule has 0 bridgehead atoms. The van der Waals surface area contributed by atoms with Gasteiger partial charge in [-0.05, 0) is 43.5 Å². The summed E-state index contributed by atoms with van der Waals surface area (Å²) in [5.74, 6) is 2.62. The van der Waals surface area contributed by atoms with Gasteiger partial charge < -0.3 is 5.32 Å². The van der Waals surface area contributed by atoms with E-state index in [-0.39, 0.29) is 5.91 Å². The SMILES string of the molecule is C#CCCCCC(=O)Nc1ccc(Br)cc1C. The van der Waals surface area contributed by atoms with Gasteiger partial charge in [0.1, 0.15) is 0 Å². The number of carbonyl (C=O) groups excluding carboxylic acids is 1. The molecule has 0 spiro atoms. The van der Waals surface area contributed by atoms with E-state index in [1.807, 2.05) is 25.1 Å². The molecule has 2 nitrogen and oxygen atoms in total. The predicted molar refractivity (Wildman–Crippen MR) is 74.8 cm³/mol. The van der Waals surface area contributed by atoms with Crippen LogP contribution < -0.4 is 5.32 Å². The number of carbonyl (C=O) groups is 1. The molecular formula is C14H16BrNO. The van der Waals surface area contributed by atoms with Crippen molar-refractivity contribution in [1.29, 1.82) is 0 Å². The molecule has 0 fully saturated rings. The van der Waals surface area contributed by atoms with E-state index in [0.717, 1.165) is 35.0 Å². The zero-order valence-corrected chi connectivity index (χ0v) is 11.5. The summed E-state index contributed by atoms with van der Waals surface area (Å²) in [7, 11) is 0. The Morgan fingerprint density at radius 2 is 2.24 bits per heavy atom. The number of unbranched alkanes of at least 4 members (excludes halogenated alkanes) is 2. The molecular weight excluding hydrogens is 278 g/mol. The number of anilines is 1. The lowest BCUT2D eigenvalue weighted by Gasteiger charge is -2.08. The molecule has 1 aromatic rings. The highest BCUT2D eigenvalue weighted by Gasteiger charge is 2.04. The van der Waals surface area contributed by atoms with Crippen LogP contribution in [0.2, 0.25) is 0 Å². The maximum absolute atomic E-state index is 11.6. The van der Waals surface area contributed by atoms with E-state index >= 15 is 0 Å². The fraction of sp³-hybridized carbons (Fsp3) is 0.357. The number of halogens is 1. The minimum Gasteiger partial charge on any atom is -0.326 e. The van der Waals surface area contributed by atoms with Crippen molar-refractivity contribution in [1.82, 2.24) is 0 Å². The predicted octanol–water partition coefficient (Wildman–Crippen LogP) is 3.89. The van der Waals surface area contributed by atoms with Crippen LogP contribution in [0.25, 0.3) is 0 Å². The minimum atomic E-state index is 0.0486. The van der Waals surface area contributed by atoms with Crippen LogP contribution in [0.5, 0.6) is 0 Å². The normalized spacial score (nSPS) is 9.71. The molecule has 0 aromatic heterocycles. The van der Waals surface area contributed by atoms with Crippen LogP contribution in [-0.2, 0) is 4.79 Å². The summed E-state index contributed by atoms with van der Waals surface area (Å²) < 4.78 is 1.02.